The lowest BCUT2D eigenvalue weighted by Gasteiger charge is -2.36. The third-order valence-electron chi connectivity index (χ3n) is 6.69. The van der Waals surface area contributed by atoms with Crippen LogP contribution in [0.4, 0.5) is 0 Å². The van der Waals surface area contributed by atoms with Crippen LogP contribution in [0, 0.1) is 5.41 Å². The summed E-state index contributed by atoms with van der Waals surface area (Å²) in [6.45, 7) is 2.99. The smallest absolute Gasteiger partial charge is 0.333 e. The number of ether oxygens (including phenoxy) is 1. The van der Waals surface area contributed by atoms with Gasteiger partial charge in [-0.25, -0.2) is 9.78 Å². The second kappa shape index (κ2) is 7.84. The van der Waals surface area contributed by atoms with Gasteiger partial charge in [0.05, 0.1) is 11.1 Å². The number of rotatable bonds is 5. The van der Waals surface area contributed by atoms with Crippen molar-refractivity contribution in [2.24, 2.45) is 5.41 Å². The topological polar surface area (TPSA) is 115 Å². The van der Waals surface area contributed by atoms with Gasteiger partial charge in [0, 0.05) is 30.9 Å². The summed E-state index contributed by atoms with van der Waals surface area (Å²) in [6, 6.07) is 4.38. The summed E-state index contributed by atoms with van der Waals surface area (Å²) in [6.07, 6.45) is 9.27. The Kier molecular flexibility index (Phi) is 5.01. The van der Waals surface area contributed by atoms with E-state index in [4.69, 9.17) is 4.74 Å². The van der Waals surface area contributed by atoms with Gasteiger partial charge in [0.2, 0.25) is 5.91 Å². The molecule has 0 bridgehead atoms. The molecular weight excluding hydrogens is 398 g/mol. The number of likely N-dealkylation sites (tertiary alicyclic amines) is 1. The molecule has 0 aromatic carbocycles. The molecule has 10 nitrogen and oxygen atoms in total. The quantitative estimate of drug-likeness (QED) is 0.712. The Morgan fingerprint density at radius 2 is 2.10 bits per heavy atom. The average molecular weight is 423 g/mol. The molecule has 3 aliphatic rings. The van der Waals surface area contributed by atoms with E-state index in [0.717, 1.165) is 44.2 Å². The fourth-order valence-corrected chi connectivity index (χ4v) is 5.09. The van der Waals surface area contributed by atoms with E-state index in [2.05, 4.69) is 32.7 Å². The summed E-state index contributed by atoms with van der Waals surface area (Å²) in [5.41, 5.74) is 1.49. The van der Waals surface area contributed by atoms with Gasteiger partial charge in [-0.2, -0.15) is 4.68 Å². The lowest BCUT2D eigenvalue weighted by atomic mass is 9.70. The monoisotopic (exact) mass is 423 g/mol. The van der Waals surface area contributed by atoms with Crippen molar-refractivity contribution in [3.8, 4) is 5.82 Å². The van der Waals surface area contributed by atoms with Crippen LogP contribution in [0.2, 0.25) is 0 Å². The van der Waals surface area contributed by atoms with Gasteiger partial charge in [-0.3, -0.25) is 4.79 Å². The van der Waals surface area contributed by atoms with Crippen LogP contribution in [-0.2, 0) is 20.9 Å². The molecule has 2 fully saturated rings. The maximum absolute atomic E-state index is 13.3. The van der Waals surface area contributed by atoms with Gasteiger partial charge >= 0.3 is 5.97 Å². The predicted molar refractivity (Wildman–Crippen MR) is 108 cm³/mol. The summed E-state index contributed by atoms with van der Waals surface area (Å²) >= 11 is 0. The summed E-state index contributed by atoms with van der Waals surface area (Å²) in [4.78, 5) is 30.9. The number of pyridine rings is 1. The zero-order chi connectivity index (χ0) is 21.4. The van der Waals surface area contributed by atoms with Crippen LogP contribution >= 0.6 is 0 Å². The first-order chi connectivity index (χ1) is 15.0. The number of amides is 1. The Morgan fingerprint density at radius 3 is 2.74 bits per heavy atom. The molecule has 2 aliphatic heterocycles. The van der Waals surface area contributed by atoms with Crippen molar-refractivity contribution in [1.29, 1.82) is 0 Å². The van der Waals surface area contributed by atoms with Crippen LogP contribution in [0.25, 0.3) is 5.82 Å². The highest BCUT2D eigenvalue weighted by Gasteiger charge is 2.52. The van der Waals surface area contributed by atoms with Crippen molar-refractivity contribution in [3.05, 3.63) is 42.0 Å². The first-order valence-electron chi connectivity index (χ1n) is 10.7. The predicted octanol–water partition coefficient (Wildman–Crippen LogP) is 1.14. The number of esters is 1. The number of tetrazole rings is 1. The van der Waals surface area contributed by atoms with Gasteiger partial charge < -0.3 is 15.0 Å². The number of carbonyl (C=O) groups is 2. The van der Waals surface area contributed by atoms with Crippen LogP contribution in [0.1, 0.15) is 44.6 Å². The minimum Gasteiger partial charge on any atom is -0.456 e. The minimum atomic E-state index is -0.357. The second-order valence-corrected chi connectivity index (χ2v) is 8.69. The van der Waals surface area contributed by atoms with E-state index >= 15 is 0 Å². The molecule has 31 heavy (non-hydrogen) atoms. The van der Waals surface area contributed by atoms with Crippen LogP contribution in [0.3, 0.4) is 0 Å². The van der Waals surface area contributed by atoms with Crippen molar-refractivity contribution >= 4 is 11.9 Å². The zero-order valence-corrected chi connectivity index (χ0v) is 17.4. The van der Waals surface area contributed by atoms with E-state index in [0.29, 0.717) is 17.6 Å². The summed E-state index contributed by atoms with van der Waals surface area (Å²) in [5.74, 6) is 0.478. The van der Waals surface area contributed by atoms with Gasteiger partial charge in [-0.1, -0.05) is 6.07 Å². The average Bonchev–Trinajstić information content (AvgIpc) is 3.50. The number of nitrogens with one attached hydrogen (secondary N) is 1. The minimum absolute atomic E-state index is 0.0996. The van der Waals surface area contributed by atoms with Gasteiger partial charge in [-0.15, -0.1) is 5.10 Å². The number of aromatic nitrogens is 5. The molecule has 1 N–H and O–H groups in total. The Hall–Kier alpha value is -3.14. The van der Waals surface area contributed by atoms with Crippen LogP contribution < -0.4 is 5.32 Å². The van der Waals surface area contributed by atoms with Crippen LogP contribution in [0.5, 0.6) is 0 Å². The maximum atomic E-state index is 13.3. The number of hydrogen-bond donors (Lipinski definition) is 1. The molecule has 0 unspecified atom stereocenters. The van der Waals surface area contributed by atoms with Crippen molar-refractivity contribution in [1.82, 2.24) is 35.4 Å². The second-order valence-electron chi connectivity index (χ2n) is 8.69. The molecule has 1 atom stereocenters. The number of nitrogens with zero attached hydrogens (tertiary/aromatic N) is 6. The van der Waals surface area contributed by atoms with E-state index in [1.54, 1.807) is 4.90 Å². The normalized spacial score (nSPS) is 28.3. The van der Waals surface area contributed by atoms with Gasteiger partial charge in [0.25, 0.3) is 0 Å². The highest BCUT2D eigenvalue weighted by atomic mass is 16.5. The molecular formula is C21H25N7O3. The zero-order valence-electron chi connectivity index (χ0n) is 17.4. The molecule has 162 valence electrons. The Morgan fingerprint density at radius 1 is 1.26 bits per heavy atom. The fourth-order valence-electron chi connectivity index (χ4n) is 5.09. The highest BCUT2D eigenvalue weighted by Crippen LogP contribution is 2.48. The standard InChI is InChI=1S/C21H25N7O3/c1-14-9-21(20(30)28(14)17-8-19(29)31-12-17)6-4-16(5-7-21)22-10-15-2-3-18(23-11-15)27-13-24-25-26-27/h2-3,8,11,13-14,16,22H,4-7,9-10,12H2,1H3/t14-,16-,21-/m1/s1. The van der Waals surface area contributed by atoms with Crippen LogP contribution in [0.15, 0.2) is 36.4 Å². The van der Waals surface area contributed by atoms with E-state index in [-0.39, 0.29) is 29.9 Å². The van der Waals surface area contributed by atoms with E-state index in [9.17, 15) is 9.59 Å². The molecule has 1 saturated heterocycles. The van der Waals surface area contributed by atoms with Crippen LogP contribution in [-0.4, -0.2) is 60.7 Å². The molecule has 1 amide bonds. The summed E-state index contributed by atoms with van der Waals surface area (Å²) < 4.78 is 6.54. The molecule has 2 aromatic heterocycles. The summed E-state index contributed by atoms with van der Waals surface area (Å²) in [5, 5.41) is 14.7. The van der Waals surface area contributed by atoms with Crippen molar-refractivity contribution in [2.75, 3.05) is 6.61 Å². The number of hydrogen-bond acceptors (Lipinski definition) is 8. The molecule has 4 heterocycles. The first-order valence-corrected chi connectivity index (χ1v) is 10.7. The van der Waals surface area contributed by atoms with E-state index in [1.165, 1.54) is 17.1 Å². The molecule has 10 heteroatoms. The van der Waals surface area contributed by atoms with Crippen molar-refractivity contribution in [2.45, 2.75) is 57.7 Å². The summed E-state index contributed by atoms with van der Waals surface area (Å²) in [7, 11) is 0. The van der Waals surface area contributed by atoms with Crippen molar-refractivity contribution in [3.63, 3.8) is 0 Å². The Balaban J connectivity index is 1.16. The molecule has 1 spiro atoms. The number of cyclic esters (lactones) is 1. The Bertz CT molecular complexity index is 994. The van der Waals surface area contributed by atoms with Gasteiger partial charge in [0.1, 0.15) is 12.9 Å². The molecule has 1 saturated carbocycles. The lowest BCUT2D eigenvalue weighted by molar-refractivity contribution is -0.138. The highest BCUT2D eigenvalue weighted by molar-refractivity contribution is 5.91. The third kappa shape index (κ3) is 3.71. The lowest BCUT2D eigenvalue weighted by Crippen LogP contribution is -2.42. The fraction of sp³-hybridized carbons (Fsp3) is 0.524. The molecule has 0 radical (unpaired) electrons. The molecule has 1 aliphatic carbocycles. The third-order valence-corrected chi connectivity index (χ3v) is 6.69. The maximum Gasteiger partial charge on any atom is 0.333 e. The SMILES string of the molecule is C[C@@H]1C[C@]2(CC[C@@H](NCc3ccc(-n4cnnn4)nc3)CC2)C(=O)N1C1=CC(=O)OC1. The molecule has 5 rings (SSSR count). The number of carbonyl (C=O) groups excluding carboxylic acids is 2. The van der Waals surface area contributed by atoms with E-state index < -0.39 is 0 Å². The largest absolute Gasteiger partial charge is 0.456 e. The van der Waals surface area contributed by atoms with Gasteiger partial charge in [0.15, 0.2) is 5.82 Å². The molecule has 2 aromatic rings. The van der Waals surface area contributed by atoms with E-state index in [1.807, 2.05) is 18.3 Å². The van der Waals surface area contributed by atoms with Gasteiger partial charge in [-0.05, 0) is 61.1 Å². The first kappa shape index (κ1) is 19.8. The van der Waals surface area contributed by atoms with Crippen molar-refractivity contribution < 1.29 is 14.3 Å². The Labute approximate surface area is 179 Å².